The van der Waals surface area contributed by atoms with E-state index < -0.39 is 10.0 Å². The molecule has 0 radical (unpaired) electrons. The maximum atomic E-state index is 12.9. The second-order valence-corrected chi connectivity index (χ2v) is 9.68. The first-order valence-electron chi connectivity index (χ1n) is 10.1. The highest BCUT2D eigenvalue weighted by Gasteiger charge is 2.34. The Bertz CT molecular complexity index is 1090. The van der Waals surface area contributed by atoms with Crippen LogP contribution in [0.5, 0.6) is 0 Å². The highest BCUT2D eigenvalue weighted by molar-refractivity contribution is 7.90. The standard InChI is InChI=1S/C22H24ClN3O3S/c1-2-19(16-6-5-7-17(23)14-16)24-22(27)15-10-12-26(13-11-15)21-18-8-3-4-9-20(18)30(28,29)25-21/h3-9,14-15,19H,2,10-13H2,1H3,(H,24,27). The van der Waals surface area contributed by atoms with Crippen molar-refractivity contribution in [1.29, 1.82) is 0 Å². The van der Waals surface area contributed by atoms with Crippen molar-refractivity contribution in [3.8, 4) is 0 Å². The molecule has 2 aromatic rings. The Labute approximate surface area is 182 Å². The Morgan fingerprint density at radius 3 is 2.63 bits per heavy atom. The highest BCUT2D eigenvalue weighted by atomic mass is 35.5. The van der Waals surface area contributed by atoms with E-state index >= 15 is 0 Å². The summed E-state index contributed by atoms with van der Waals surface area (Å²) in [5.74, 6) is 0.418. The van der Waals surface area contributed by atoms with Gasteiger partial charge in [0.2, 0.25) is 5.91 Å². The summed E-state index contributed by atoms with van der Waals surface area (Å²) in [4.78, 5) is 15.1. The second kappa shape index (κ2) is 8.40. The number of hydrogen-bond donors (Lipinski definition) is 1. The second-order valence-electron chi connectivity index (χ2n) is 7.67. The molecule has 2 aromatic carbocycles. The number of benzene rings is 2. The van der Waals surface area contributed by atoms with Crippen LogP contribution in [0.4, 0.5) is 0 Å². The van der Waals surface area contributed by atoms with Crippen molar-refractivity contribution in [2.24, 2.45) is 10.3 Å². The SMILES string of the molecule is CCC(NC(=O)C1CCN(C2=NS(=O)(=O)c3ccccc32)CC1)c1cccc(Cl)c1. The van der Waals surface area contributed by atoms with Crippen LogP contribution in [0.3, 0.4) is 0 Å². The first-order chi connectivity index (χ1) is 14.4. The molecule has 1 amide bonds. The third kappa shape index (κ3) is 4.09. The normalized spacial score (nSPS) is 19.1. The van der Waals surface area contributed by atoms with Crippen LogP contribution >= 0.6 is 11.6 Å². The van der Waals surface area contributed by atoms with Gasteiger partial charge in [-0.05, 0) is 49.1 Å². The van der Waals surface area contributed by atoms with Crippen LogP contribution < -0.4 is 5.32 Å². The number of nitrogens with one attached hydrogen (secondary N) is 1. The molecule has 1 N–H and O–H groups in total. The number of rotatable bonds is 4. The van der Waals surface area contributed by atoms with E-state index in [0.717, 1.165) is 12.0 Å². The average Bonchev–Trinajstić information content (AvgIpc) is 3.03. The van der Waals surface area contributed by atoms with Gasteiger partial charge < -0.3 is 10.2 Å². The minimum Gasteiger partial charge on any atom is -0.355 e. The van der Waals surface area contributed by atoms with Gasteiger partial charge in [-0.25, -0.2) is 0 Å². The molecule has 6 nitrogen and oxygen atoms in total. The molecular weight excluding hydrogens is 422 g/mol. The van der Waals surface area contributed by atoms with E-state index in [-0.39, 0.29) is 22.8 Å². The molecule has 0 spiro atoms. The van der Waals surface area contributed by atoms with Gasteiger partial charge in [0.25, 0.3) is 10.0 Å². The first-order valence-corrected chi connectivity index (χ1v) is 12.0. The summed E-state index contributed by atoms with van der Waals surface area (Å²) in [6.45, 7) is 3.22. The van der Waals surface area contributed by atoms with Crippen LogP contribution in [0, 0.1) is 5.92 Å². The molecule has 1 saturated heterocycles. The summed E-state index contributed by atoms with van der Waals surface area (Å²) in [6.07, 6.45) is 2.08. The number of likely N-dealkylation sites (tertiary alicyclic amines) is 1. The van der Waals surface area contributed by atoms with Gasteiger partial charge in [0, 0.05) is 29.6 Å². The van der Waals surface area contributed by atoms with Gasteiger partial charge in [-0.1, -0.05) is 42.8 Å². The third-order valence-electron chi connectivity index (χ3n) is 5.75. The van der Waals surface area contributed by atoms with Gasteiger partial charge in [0.1, 0.15) is 4.90 Å². The van der Waals surface area contributed by atoms with Crippen LogP contribution in [0.15, 0.2) is 57.8 Å². The molecule has 2 aliphatic rings. The van der Waals surface area contributed by atoms with Crippen molar-refractivity contribution in [3.63, 3.8) is 0 Å². The Balaban J connectivity index is 1.41. The fraction of sp³-hybridized carbons (Fsp3) is 0.364. The zero-order valence-electron chi connectivity index (χ0n) is 16.7. The number of carbonyl (C=O) groups is 1. The number of sulfonamides is 1. The Morgan fingerprint density at radius 2 is 1.93 bits per heavy atom. The minimum atomic E-state index is -3.63. The Hall–Kier alpha value is -2.38. The van der Waals surface area contributed by atoms with Crippen molar-refractivity contribution in [3.05, 3.63) is 64.7 Å². The van der Waals surface area contributed by atoms with Gasteiger partial charge in [0.05, 0.1) is 6.04 Å². The van der Waals surface area contributed by atoms with Crippen LogP contribution in [-0.4, -0.2) is 38.2 Å². The van der Waals surface area contributed by atoms with Crippen LogP contribution in [0.25, 0.3) is 0 Å². The van der Waals surface area contributed by atoms with Crippen LogP contribution in [0.1, 0.15) is 43.4 Å². The summed E-state index contributed by atoms with van der Waals surface area (Å²) in [5, 5.41) is 3.80. The lowest BCUT2D eigenvalue weighted by molar-refractivity contribution is -0.127. The quantitative estimate of drug-likeness (QED) is 0.776. The fourth-order valence-electron chi connectivity index (χ4n) is 4.10. The minimum absolute atomic E-state index is 0.0304. The van der Waals surface area contributed by atoms with E-state index in [4.69, 9.17) is 11.6 Å². The van der Waals surface area contributed by atoms with Gasteiger partial charge in [-0.2, -0.15) is 8.42 Å². The van der Waals surface area contributed by atoms with Gasteiger partial charge in [0.15, 0.2) is 5.84 Å². The summed E-state index contributed by atoms with van der Waals surface area (Å²) in [6, 6.07) is 14.4. The summed E-state index contributed by atoms with van der Waals surface area (Å²) in [5.41, 5.74) is 1.64. The molecule has 2 heterocycles. The van der Waals surface area contributed by atoms with Crippen molar-refractivity contribution in [2.75, 3.05) is 13.1 Å². The number of fused-ring (bicyclic) bond motifs is 1. The zero-order chi connectivity index (χ0) is 21.3. The van der Waals surface area contributed by atoms with E-state index in [1.54, 1.807) is 18.2 Å². The molecule has 158 valence electrons. The predicted molar refractivity (Wildman–Crippen MR) is 117 cm³/mol. The number of halogens is 1. The van der Waals surface area contributed by atoms with Crippen molar-refractivity contribution >= 4 is 33.4 Å². The molecule has 2 aliphatic heterocycles. The molecular formula is C22H24ClN3O3S. The molecule has 0 aromatic heterocycles. The molecule has 0 aliphatic carbocycles. The lowest BCUT2D eigenvalue weighted by atomic mass is 9.94. The molecule has 8 heteroatoms. The average molecular weight is 446 g/mol. The zero-order valence-corrected chi connectivity index (χ0v) is 18.3. The molecule has 0 saturated carbocycles. The van der Waals surface area contributed by atoms with Crippen LogP contribution in [-0.2, 0) is 14.8 Å². The Morgan fingerprint density at radius 1 is 1.20 bits per heavy atom. The number of nitrogens with zero attached hydrogens (tertiary/aromatic N) is 2. The number of piperidine rings is 1. The van der Waals surface area contributed by atoms with Crippen LogP contribution in [0.2, 0.25) is 5.02 Å². The summed E-state index contributed by atoms with van der Waals surface area (Å²) >= 11 is 6.09. The molecule has 1 fully saturated rings. The third-order valence-corrected chi connectivity index (χ3v) is 7.31. The fourth-order valence-corrected chi connectivity index (χ4v) is 5.53. The molecule has 4 rings (SSSR count). The maximum Gasteiger partial charge on any atom is 0.285 e. The molecule has 1 unspecified atom stereocenters. The van der Waals surface area contributed by atoms with Crippen molar-refractivity contribution in [1.82, 2.24) is 10.2 Å². The number of amides is 1. The predicted octanol–water partition coefficient (Wildman–Crippen LogP) is 3.77. The van der Waals surface area contributed by atoms with E-state index in [1.165, 1.54) is 0 Å². The smallest absolute Gasteiger partial charge is 0.285 e. The summed E-state index contributed by atoms with van der Waals surface area (Å²) < 4.78 is 28.6. The topological polar surface area (TPSA) is 78.8 Å². The monoisotopic (exact) mass is 445 g/mol. The largest absolute Gasteiger partial charge is 0.355 e. The maximum absolute atomic E-state index is 12.9. The highest BCUT2D eigenvalue weighted by Crippen LogP contribution is 2.30. The van der Waals surface area contributed by atoms with Gasteiger partial charge in [-0.15, -0.1) is 4.40 Å². The summed E-state index contributed by atoms with van der Waals surface area (Å²) in [7, 11) is -3.63. The van der Waals surface area contributed by atoms with Gasteiger partial charge in [-0.3, -0.25) is 4.79 Å². The lowest BCUT2D eigenvalue weighted by Crippen LogP contribution is -2.43. The number of hydrogen-bond acceptors (Lipinski definition) is 4. The molecule has 0 bridgehead atoms. The van der Waals surface area contributed by atoms with E-state index in [9.17, 15) is 13.2 Å². The molecule has 1 atom stereocenters. The van der Waals surface area contributed by atoms with Gasteiger partial charge >= 0.3 is 0 Å². The number of amidine groups is 1. The van der Waals surface area contributed by atoms with E-state index in [0.29, 0.717) is 42.4 Å². The molecule has 30 heavy (non-hydrogen) atoms. The van der Waals surface area contributed by atoms with Crippen molar-refractivity contribution in [2.45, 2.75) is 37.1 Å². The lowest BCUT2D eigenvalue weighted by Gasteiger charge is -2.33. The Kier molecular flexibility index (Phi) is 5.84. The van der Waals surface area contributed by atoms with Crippen molar-refractivity contribution < 1.29 is 13.2 Å². The number of carbonyl (C=O) groups excluding carboxylic acids is 1. The van der Waals surface area contributed by atoms with E-state index in [2.05, 4.69) is 9.71 Å². The van der Waals surface area contributed by atoms with E-state index in [1.807, 2.05) is 42.2 Å². The first kappa shape index (κ1) is 20.9.